The number of ether oxygens (including phenoxy) is 2. The molecule has 18 heavy (non-hydrogen) atoms. The summed E-state index contributed by atoms with van der Waals surface area (Å²) in [5.74, 6) is -0.348. The number of amides is 1. The minimum absolute atomic E-state index is 0.348. The van der Waals surface area contributed by atoms with E-state index in [1.807, 2.05) is 20.8 Å². The van der Waals surface area contributed by atoms with Gasteiger partial charge >= 0.3 is 12.1 Å². The molecule has 0 bridgehead atoms. The van der Waals surface area contributed by atoms with Crippen LogP contribution in [0.3, 0.4) is 0 Å². The highest BCUT2D eigenvalue weighted by Crippen LogP contribution is 2.28. The van der Waals surface area contributed by atoms with Crippen LogP contribution in [0.4, 0.5) is 4.79 Å². The molecule has 1 rings (SSSR count). The van der Waals surface area contributed by atoms with Crippen LogP contribution < -0.4 is 0 Å². The van der Waals surface area contributed by atoms with Crippen LogP contribution >= 0.6 is 0 Å². The summed E-state index contributed by atoms with van der Waals surface area (Å²) in [7, 11) is -0.210. The van der Waals surface area contributed by atoms with E-state index < -0.39 is 25.8 Å². The topological polar surface area (TPSA) is 55.8 Å². The molecule has 1 atom stereocenters. The summed E-state index contributed by atoms with van der Waals surface area (Å²) in [4.78, 5) is 25.4. The predicted octanol–water partition coefficient (Wildman–Crippen LogP) is 2.03. The summed E-state index contributed by atoms with van der Waals surface area (Å²) in [6, 6.07) is 0.255. The van der Waals surface area contributed by atoms with Crippen molar-refractivity contribution in [3.63, 3.8) is 0 Å². The van der Waals surface area contributed by atoms with Gasteiger partial charge in [-0.25, -0.2) is 9.59 Å². The lowest BCUT2D eigenvalue weighted by Crippen LogP contribution is -2.44. The molecule has 0 unspecified atom stereocenters. The molecule has 1 amide bonds. The quantitative estimate of drug-likeness (QED) is 0.542. The molecule has 1 fully saturated rings. The zero-order valence-electron chi connectivity index (χ0n) is 12.1. The maximum Gasteiger partial charge on any atom is 0.410 e. The first-order valence-corrected chi connectivity index (χ1v) is 9.55. The zero-order chi connectivity index (χ0) is 14.1. The van der Waals surface area contributed by atoms with Gasteiger partial charge in [-0.15, -0.1) is 0 Å². The molecule has 1 saturated heterocycles. The molecular weight excluding hydrogens is 250 g/mol. The Balaban J connectivity index is 2.84. The first kappa shape index (κ1) is 15.0. The predicted molar refractivity (Wildman–Crippen MR) is 71.0 cm³/mol. The Morgan fingerprint density at radius 3 is 2.28 bits per heavy atom. The molecule has 5 nitrogen and oxygen atoms in total. The second kappa shape index (κ2) is 4.91. The summed E-state index contributed by atoms with van der Waals surface area (Å²) in [6.07, 6.45) is 0.220. The summed E-state index contributed by atoms with van der Waals surface area (Å²) in [6.45, 7) is 9.77. The first-order chi connectivity index (χ1) is 8.06. The van der Waals surface area contributed by atoms with Gasteiger partial charge in [-0.3, -0.25) is 4.90 Å². The van der Waals surface area contributed by atoms with E-state index in [1.165, 1.54) is 12.0 Å². The highest BCUT2D eigenvalue weighted by molar-refractivity contribution is 6.78. The van der Waals surface area contributed by atoms with Crippen LogP contribution in [-0.4, -0.2) is 50.0 Å². The van der Waals surface area contributed by atoms with Crippen molar-refractivity contribution in [3.8, 4) is 0 Å². The number of rotatable bonds is 1. The molecule has 1 aliphatic heterocycles. The molecule has 0 N–H and O–H groups in total. The molecule has 0 spiro atoms. The van der Waals surface area contributed by atoms with Crippen LogP contribution in [0.25, 0.3) is 0 Å². The van der Waals surface area contributed by atoms with Crippen molar-refractivity contribution in [1.29, 1.82) is 0 Å². The smallest absolute Gasteiger partial charge is 0.410 e. The van der Waals surface area contributed by atoms with Gasteiger partial charge in [0.1, 0.15) is 11.6 Å². The van der Waals surface area contributed by atoms with E-state index in [1.54, 1.807) is 0 Å². The Labute approximate surface area is 109 Å². The van der Waals surface area contributed by atoms with Crippen molar-refractivity contribution in [2.24, 2.45) is 0 Å². The van der Waals surface area contributed by atoms with Gasteiger partial charge in [0.25, 0.3) is 0 Å². The highest BCUT2D eigenvalue weighted by Gasteiger charge is 2.46. The minimum atomic E-state index is -1.56. The fourth-order valence-corrected chi connectivity index (χ4v) is 4.96. The molecule has 0 saturated carbocycles. The molecule has 104 valence electrons. The van der Waals surface area contributed by atoms with Crippen molar-refractivity contribution in [2.45, 2.75) is 51.6 Å². The SMILES string of the molecule is COC(=O)[C@@H]1C[Si](C)(C)CN1C(=O)OC(C)(C)C. The van der Waals surface area contributed by atoms with E-state index in [0.717, 1.165) is 6.04 Å². The first-order valence-electron chi connectivity index (χ1n) is 6.13. The van der Waals surface area contributed by atoms with Gasteiger partial charge in [0.05, 0.1) is 15.2 Å². The van der Waals surface area contributed by atoms with Crippen molar-refractivity contribution in [1.82, 2.24) is 4.90 Å². The van der Waals surface area contributed by atoms with Gasteiger partial charge in [0.15, 0.2) is 0 Å². The number of hydrogen-bond acceptors (Lipinski definition) is 4. The molecule has 0 aromatic rings. The van der Waals surface area contributed by atoms with E-state index in [-0.39, 0.29) is 5.97 Å². The van der Waals surface area contributed by atoms with Gasteiger partial charge in [0, 0.05) is 6.17 Å². The average molecular weight is 273 g/mol. The largest absolute Gasteiger partial charge is 0.467 e. The molecule has 0 aromatic heterocycles. The Morgan fingerprint density at radius 1 is 1.28 bits per heavy atom. The molecule has 1 aliphatic rings. The Kier molecular flexibility index (Phi) is 4.10. The van der Waals surface area contributed by atoms with Gasteiger partial charge in [0.2, 0.25) is 0 Å². The summed E-state index contributed by atoms with van der Waals surface area (Å²) < 4.78 is 10.1. The molecular formula is C12H23NO4Si. The maximum atomic E-state index is 12.1. The third-order valence-corrected chi connectivity index (χ3v) is 5.51. The molecule has 6 heteroatoms. The number of carbonyl (C=O) groups excluding carboxylic acids is 2. The van der Waals surface area contributed by atoms with Gasteiger partial charge in [-0.05, 0) is 26.8 Å². The van der Waals surface area contributed by atoms with Crippen LogP contribution in [0, 0.1) is 0 Å². The number of methoxy groups -OCH3 is 1. The van der Waals surface area contributed by atoms with E-state index in [4.69, 9.17) is 9.47 Å². The fourth-order valence-electron chi connectivity index (χ4n) is 2.13. The lowest BCUT2D eigenvalue weighted by Gasteiger charge is -2.27. The molecule has 0 aliphatic carbocycles. The van der Waals surface area contributed by atoms with E-state index >= 15 is 0 Å². The van der Waals surface area contributed by atoms with Crippen molar-refractivity contribution in [3.05, 3.63) is 0 Å². The molecule has 0 aromatic carbocycles. The standard InChI is InChI=1S/C12H23NO4Si/c1-12(2,3)17-11(15)13-8-18(5,6)7-9(13)10(14)16-4/h9H,7-8H2,1-6H3/t9-/m0/s1. The van der Waals surface area contributed by atoms with Gasteiger partial charge in [-0.2, -0.15) is 0 Å². The molecule has 0 radical (unpaired) electrons. The monoisotopic (exact) mass is 273 g/mol. The normalized spacial score (nSPS) is 22.8. The number of nitrogens with zero attached hydrogens (tertiary/aromatic N) is 1. The van der Waals surface area contributed by atoms with Gasteiger partial charge < -0.3 is 9.47 Å². The third kappa shape index (κ3) is 3.73. The van der Waals surface area contributed by atoms with Crippen LogP contribution in [0.15, 0.2) is 0 Å². The number of esters is 1. The highest BCUT2D eigenvalue weighted by atomic mass is 28.3. The van der Waals surface area contributed by atoms with Crippen LogP contribution in [-0.2, 0) is 14.3 Å². The number of hydrogen-bond donors (Lipinski definition) is 0. The summed E-state index contributed by atoms with van der Waals surface area (Å²) in [5.41, 5.74) is -0.550. The molecule has 1 heterocycles. The van der Waals surface area contributed by atoms with E-state index in [9.17, 15) is 9.59 Å². The Bertz CT molecular complexity index is 348. The summed E-state index contributed by atoms with van der Waals surface area (Å²) in [5, 5.41) is 0. The van der Waals surface area contributed by atoms with Crippen molar-refractivity contribution < 1.29 is 19.1 Å². The van der Waals surface area contributed by atoms with Crippen molar-refractivity contribution >= 4 is 20.1 Å². The summed E-state index contributed by atoms with van der Waals surface area (Å²) >= 11 is 0. The van der Waals surface area contributed by atoms with E-state index in [2.05, 4.69) is 13.1 Å². The van der Waals surface area contributed by atoms with Crippen LogP contribution in [0.1, 0.15) is 20.8 Å². The zero-order valence-corrected chi connectivity index (χ0v) is 13.1. The second-order valence-corrected chi connectivity index (χ2v) is 11.6. The lowest BCUT2D eigenvalue weighted by molar-refractivity contribution is -0.145. The van der Waals surface area contributed by atoms with E-state index in [0.29, 0.717) is 6.17 Å². The van der Waals surface area contributed by atoms with Gasteiger partial charge in [-0.1, -0.05) is 13.1 Å². The Morgan fingerprint density at radius 2 is 1.83 bits per heavy atom. The van der Waals surface area contributed by atoms with Crippen molar-refractivity contribution in [2.75, 3.05) is 13.3 Å². The number of carbonyl (C=O) groups is 2. The third-order valence-electron chi connectivity index (χ3n) is 2.82. The van der Waals surface area contributed by atoms with Crippen LogP contribution in [0.5, 0.6) is 0 Å². The maximum absolute atomic E-state index is 12.1. The minimum Gasteiger partial charge on any atom is -0.467 e. The second-order valence-electron chi connectivity index (χ2n) is 6.52. The fraction of sp³-hybridized carbons (Fsp3) is 0.833. The average Bonchev–Trinajstić information content (AvgIpc) is 2.51. The van der Waals surface area contributed by atoms with Crippen LogP contribution in [0.2, 0.25) is 19.1 Å². The Hall–Kier alpha value is -1.04. The lowest BCUT2D eigenvalue weighted by atomic mass is 10.2.